The van der Waals surface area contributed by atoms with Crippen LogP contribution in [0.4, 0.5) is 26.3 Å². The zero-order chi connectivity index (χ0) is 20.5. The number of alkyl halides is 5. The summed E-state index contributed by atoms with van der Waals surface area (Å²) in [6.45, 7) is 1.46. The van der Waals surface area contributed by atoms with Gasteiger partial charge in [-0.05, 0) is 24.6 Å². The largest absolute Gasteiger partial charge is 0.398 e. The van der Waals surface area contributed by atoms with E-state index in [0.717, 1.165) is 18.2 Å². The summed E-state index contributed by atoms with van der Waals surface area (Å²) in [7, 11) is 0. The summed E-state index contributed by atoms with van der Waals surface area (Å²) in [5.41, 5.74) is -0.469. The molecule has 0 N–H and O–H groups in total. The molecule has 0 unspecified atom stereocenters. The molecule has 148 valence electrons. The maximum atomic E-state index is 14.6. The highest BCUT2D eigenvalue weighted by Crippen LogP contribution is 2.39. The van der Waals surface area contributed by atoms with Gasteiger partial charge in [0.15, 0.2) is 0 Å². The van der Waals surface area contributed by atoms with Gasteiger partial charge in [-0.1, -0.05) is 35.5 Å². The molecule has 0 aliphatic heterocycles. The third kappa shape index (κ3) is 4.35. The van der Waals surface area contributed by atoms with E-state index in [2.05, 4.69) is 5.16 Å². The molecule has 2 aromatic carbocycles. The van der Waals surface area contributed by atoms with Crippen molar-refractivity contribution in [3.63, 3.8) is 0 Å². The highest BCUT2D eigenvalue weighted by Gasteiger charge is 2.39. The van der Waals surface area contributed by atoms with E-state index in [4.69, 9.17) is 4.52 Å². The molecule has 0 spiro atoms. The highest BCUT2D eigenvalue weighted by atomic mass is 32.2. The lowest BCUT2D eigenvalue weighted by Gasteiger charge is -2.12. The number of aromatic nitrogens is 1. The Hall–Kier alpha value is -2.42. The fourth-order valence-electron chi connectivity index (χ4n) is 2.50. The molecule has 0 saturated carbocycles. The van der Waals surface area contributed by atoms with Crippen LogP contribution in [0.15, 0.2) is 57.9 Å². The van der Waals surface area contributed by atoms with Crippen molar-refractivity contribution in [3.05, 3.63) is 71.2 Å². The van der Waals surface area contributed by atoms with Gasteiger partial charge in [-0.25, -0.2) is 4.39 Å². The Morgan fingerprint density at radius 1 is 1.00 bits per heavy atom. The van der Waals surface area contributed by atoms with Gasteiger partial charge < -0.3 is 4.52 Å². The third-order valence-corrected chi connectivity index (χ3v) is 5.11. The summed E-state index contributed by atoms with van der Waals surface area (Å²) in [4.78, 5) is 0.174. The smallest absolute Gasteiger partial charge is 0.354 e. The lowest BCUT2D eigenvalue weighted by Crippen LogP contribution is -2.13. The van der Waals surface area contributed by atoms with Crippen LogP contribution in [0.1, 0.15) is 16.9 Å². The number of aryl methyl sites for hydroxylation is 1. The van der Waals surface area contributed by atoms with Gasteiger partial charge in [0.2, 0.25) is 5.76 Å². The molecule has 0 radical (unpaired) electrons. The standard InChI is InChI=1S/C19H13F6NOS/c1-11-7-14(20)13(8-16(11)28-10-18(21,22)23)15-9-17(27-26-15)19(24,25)12-5-3-2-4-6-12/h2-9H,10H2,1H3. The number of thioether (sulfide) groups is 1. The molecule has 0 bridgehead atoms. The monoisotopic (exact) mass is 417 g/mol. The van der Waals surface area contributed by atoms with E-state index >= 15 is 0 Å². The van der Waals surface area contributed by atoms with Crippen LogP contribution in [0.5, 0.6) is 0 Å². The molecule has 1 heterocycles. The Morgan fingerprint density at radius 2 is 1.68 bits per heavy atom. The zero-order valence-electron chi connectivity index (χ0n) is 14.4. The summed E-state index contributed by atoms with van der Waals surface area (Å²) >= 11 is 0.483. The average molecular weight is 417 g/mol. The number of hydrogen-bond donors (Lipinski definition) is 0. The zero-order valence-corrected chi connectivity index (χ0v) is 15.2. The summed E-state index contributed by atoms with van der Waals surface area (Å²) in [6, 6.07) is 9.95. The van der Waals surface area contributed by atoms with Crippen LogP contribution >= 0.6 is 11.8 Å². The number of benzene rings is 2. The Kier molecular flexibility index (Phi) is 5.47. The topological polar surface area (TPSA) is 26.0 Å². The SMILES string of the molecule is Cc1cc(F)c(-c2cc(C(F)(F)c3ccccc3)on2)cc1SCC(F)(F)F. The Balaban J connectivity index is 1.95. The first-order chi connectivity index (χ1) is 13.1. The third-order valence-electron chi connectivity index (χ3n) is 3.89. The Bertz CT molecular complexity index is 968. The lowest BCUT2D eigenvalue weighted by atomic mass is 10.0. The lowest BCUT2D eigenvalue weighted by molar-refractivity contribution is -0.105. The quantitative estimate of drug-likeness (QED) is 0.346. The number of halogens is 6. The van der Waals surface area contributed by atoms with E-state index in [9.17, 15) is 26.3 Å². The molecule has 0 fully saturated rings. The van der Waals surface area contributed by atoms with Crippen LogP contribution in [-0.4, -0.2) is 17.1 Å². The molecule has 0 aliphatic carbocycles. The molecule has 0 atom stereocenters. The van der Waals surface area contributed by atoms with Gasteiger partial charge in [-0.3, -0.25) is 0 Å². The first kappa shape index (κ1) is 20.3. The number of nitrogens with zero attached hydrogens (tertiary/aromatic N) is 1. The molecule has 1 aromatic heterocycles. The second kappa shape index (κ2) is 7.54. The molecule has 3 rings (SSSR count). The van der Waals surface area contributed by atoms with Gasteiger partial charge in [0.25, 0.3) is 0 Å². The molecule has 0 saturated heterocycles. The minimum absolute atomic E-state index is 0.174. The summed E-state index contributed by atoms with van der Waals surface area (Å²) in [6.07, 6.45) is -4.40. The van der Waals surface area contributed by atoms with Gasteiger partial charge in [-0.2, -0.15) is 22.0 Å². The van der Waals surface area contributed by atoms with Crippen molar-refractivity contribution in [2.45, 2.75) is 23.9 Å². The average Bonchev–Trinajstić information content (AvgIpc) is 3.11. The van der Waals surface area contributed by atoms with E-state index in [-0.39, 0.29) is 21.7 Å². The maximum absolute atomic E-state index is 14.6. The first-order valence-corrected chi connectivity index (χ1v) is 8.97. The number of rotatable bonds is 5. The molecule has 28 heavy (non-hydrogen) atoms. The fraction of sp³-hybridized carbons (Fsp3) is 0.211. The summed E-state index contributed by atoms with van der Waals surface area (Å²) in [5, 5.41) is 3.49. The number of hydrogen-bond acceptors (Lipinski definition) is 3. The normalized spacial score (nSPS) is 12.4. The predicted octanol–water partition coefficient (Wildman–Crippen LogP) is 6.58. The molecule has 3 aromatic rings. The molecular weight excluding hydrogens is 404 g/mol. The minimum atomic E-state index is -4.40. The second-order valence-corrected chi connectivity index (χ2v) is 7.04. The van der Waals surface area contributed by atoms with Gasteiger partial charge >= 0.3 is 12.1 Å². The second-order valence-electron chi connectivity index (χ2n) is 6.02. The van der Waals surface area contributed by atoms with Crippen molar-refractivity contribution < 1.29 is 30.9 Å². The van der Waals surface area contributed by atoms with Crippen LogP contribution in [0.3, 0.4) is 0 Å². The fourth-order valence-corrected chi connectivity index (χ4v) is 3.31. The Labute approximate surface area is 160 Å². The van der Waals surface area contributed by atoms with Crippen LogP contribution in [0.2, 0.25) is 0 Å². The van der Waals surface area contributed by atoms with Crippen molar-refractivity contribution in [3.8, 4) is 11.3 Å². The molecule has 9 heteroatoms. The van der Waals surface area contributed by atoms with E-state index in [1.807, 2.05) is 0 Å². The Morgan fingerprint density at radius 3 is 2.32 bits per heavy atom. The van der Waals surface area contributed by atoms with E-state index in [0.29, 0.717) is 17.3 Å². The summed E-state index contributed by atoms with van der Waals surface area (Å²) in [5.74, 6) is -6.24. The van der Waals surface area contributed by atoms with Crippen molar-refractivity contribution in [2.75, 3.05) is 5.75 Å². The van der Waals surface area contributed by atoms with Crippen LogP contribution in [0.25, 0.3) is 11.3 Å². The molecule has 0 amide bonds. The first-order valence-electron chi connectivity index (χ1n) is 7.98. The van der Waals surface area contributed by atoms with Crippen molar-refractivity contribution in [2.24, 2.45) is 0 Å². The molecular formula is C19H13F6NOS. The van der Waals surface area contributed by atoms with Gasteiger partial charge in [-0.15, -0.1) is 11.8 Å². The maximum Gasteiger partial charge on any atom is 0.398 e. The predicted molar refractivity (Wildman–Crippen MR) is 92.9 cm³/mol. The van der Waals surface area contributed by atoms with E-state index < -0.39 is 29.4 Å². The van der Waals surface area contributed by atoms with Crippen LogP contribution in [-0.2, 0) is 5.92 Å². The summed E-state index contributed by atoms with van der Waals surface area (Å²) < 4.78 is 85.6. The molecule has 0 aliphatic rings. The van der Waals surface area contributed by atoms with Crippen molar-refractivity contribution in [1.82, 2.24) is 5.16 Å². The van der Waals surface area contributed by atoms with Crippen LogP contribution < -0.4 is 0 Å². The van der Waals surface area contributed by atoms with E-state index in [1.54, 1.807) is 6.07 Å². The van der Waals surface area contributed by atoms with Crippen LogP contribution in [0, 0.1) is 12.7 Å². The van der Waals surface area contributed by atoms with Gasteiger partial charge in [0.1, 0.15) is 11.5 Å². The van der Waals surface area contributed by atoms with Gasteiger partial charge in [0, 0.05) is 22.1 Å². The highest BCUT2D eigenvalue weighted by molar-refractivity contribution is 7.99. The minimum Gasteiger partial charge on any atom is -0.354 e. The van der Waals surface area contributed by atoms with Gasteiger partial charge in [0.05, 0.1) is 5.75 Å². The molecule has 2 nitrogen and oxygen atoms in total. The van der Waals surface area contributed by atoms with Crippen molar-refractivity contribution >= 4 is 11.8 Å². The van der Waals surface area contributed by atoms with E-state index in [1.165, 1.54) is 31.2 Å². The van der Waals surface area contributed by atoms with Crippen molar-refractivity contribution in [1.29, 1.82) is 0 Å².